The summed E-state index contributed by atoms with van der Waals surface area (Å²) in [6.07, 6.45) is 1.69. The summed E-state index contributed by atoms with van der Waals surface area (Å²) in [6.45, 7) is 1.97. The van der Waals surface area contributed by atoms with E-state index in [1.807, 2.05) is 43.3 Å². The second kappa shape index (κ2) is 4.46. The fourth-order valence-electron chi connectivity index (χ4n) is 1.15. The number of rotatable bonds is 2. The van der Waals surface area contributed by atoms with E-state index in [9.17, 15) is 0 Å². The fourth-order valence-corrected chi connectivity index (χ4v) is 1.15. The molecule has 73 valence electrons. The smallest absolute Gasteiger partial charge is 0.174 e. The molecule has 1 aromatic heterocycles. The van der Waals surface area contributed by atoms with Gasteiger partial charge in [0.05, 0.1) is 5.69 Å². The summed E-state index contributed by atoms with van der Waals surface area (Å²) in [5, 5.41) is 8.10. The van der Waals surface area contributed by atoms with Crippen molar-refractivity contribution in [2.75, 3.05) is 0 Å². The van der Waals surface area contributed by atoms with Gasteiger partial charge >= 0.3 is 0 Å². The Kier molecular flexibility index (Phi) is 2.83. The molecule has 15 heavy (non-hydrogen) atoms. The molecule has 0 aliphatic carbocycles. The van der Waals surface area contributed by atoms with Crippen molar-refractivity contribution in [2.24, 2.45) is 10.2 Å². The van der Waals surface area contributed by atoms with Crippen molar-refractivity contribution in [3.8, 4) is 0 Å². The van der Waals surface area contributed by atoms with Crippen LogP contribution >= 0.6 is 0 Å². The molecule has 1 aromatic carbocycles. The Labute approximate surface area is 88.5 Å². The third-order valence-electron chi connectivity index (χ3n) is 1.85. The van der Waals surface area contributed by atoms with E-state index in [1.54, 1.807) is 6.20 Å². The van der Waals surface area contributed by atoms with Gasteiger partial charge in [-0.15, -0.1) is 10.2 Å². The number of pyridine rings is 1. The van der Waals surface area contributed by atoms with Crippen LogP contribution < -0.4 is 0 Å². The Morgan fingerprint density at radius 1 is 1.20 bits per heavy atom. The van der Waals surface area contributed by atoms with Crippen molar-refractivity contribution >= 4 is 11.5 Å². The SMILES string of the molecule is Cc1[c]ccc(/N=N/c2ccccn2)c1. The molecular weight excluding hydrogens is 186 g/mol. The van der Waals surface area contributed by atoms with E-state index in [1.165, 1.54) is 0 Å². The molecule has 3 nitrogen and oxygen atoms in total. The predicted molar refractivity (Wildman–Crippen MR) is 58.4 cm³/mol. The molecule has 3 heteroatoms. The van der Waals surface area contributed by atoms with E-state index in [0.29, 0.717) is 5.82 Å². The third-order valence-corrected chi connectivity index (χ3v) is 1.85. The molecule has 0 amide bonds. The lowest BCUT2D eigenvalue weighted by molar-refractivity contribution is 1.15. The van der Waals surface area contributed by atoms with Crippen LogP contribution in [0.1, 0.15) is 5.56 Å². The average molecular weight is 196 g/mol. The molecule has 0 N–H and O–H groups in total. The second-order valence-corrected chi connectivity index (χ2v) is 3.12. The Bertz CT molecular complexity index is 463. The monoisotopic (exact) mass is 196 g/mol. The number of aromatic nitrogens is 1. The van der Waals surface area contributed by atoms with Gasteiger partial charge in [-0.3, -0.25) is 0 Å². The summed E-state index contributed by atoms with van der Waals surface area (Å²) in [6, 6.07) is 14.2. The Morgan fingerprint density at radius 2 is 2.13 bits per heavy atom. The molecule has 2 aromatic rings. The molecule has 0 atom stereocenters. The van der Waals surface area contributed by atoms with E-state index in [0.717, 1.165) is 11.3 Å². The maximum Gasteiger partial charge on any atom is 0.174 e. The highest BCUT2D eigenvalue weighted by Crippen LogP contribution is 2.16. The van der Waals surface area contributed by atoms with Gasteiger partial charge < -0.3 is 0 Å². The first-order valence-corrected chi connectivity index (χ1v) is 4.66. The Balaban J connectivity index is 2.19. The zero-order valence-electron chi connectivity index (χ0n) is 8.38. The summed E-state index contributed by atoms with van der Waals surface area (Å²) in [5.41, 5.74) is 1.87. The van der Waals surface area contributed by atoms with Gasteiger partial charge in [0.25, 0.3) is 0 Å². The summed E-state index contributed by atoms with van der Waals surface area (Å²) in [7, 11) is 0. The number of azo groups is 1. The van der Waals surface area contributed by atoms with Crippen molar-refractivity contribution < 1.29 is 0 Å². The highest BCUT2D eigenvalue weighted by molar-refractivity contribution is 5.39. The highest BCUT2D eigenvalue weighted by atomic mass is 15.1. The van der Waals surface area contributed by atoms with Crippen LogP contribution in [0.3, 0.4) is 0 Å². The number of aryl methyl sites for hydroxylation is 1. The zero-order chi connectivity index (χ0) is 10.5. The Morgan fingerprint density at radius 3 is 2.87 bits per heavy atom. The topological polar surface area (TPSA) is 37.6 Å². The summed E-state index contributed by atoms with van der Waals surface area (Å²) in [5.74, 6) is 0.614. The molecular formula is C12H10N3. The number of benzene rings is 1. The lowest BCUT2D eigenvalue weighted by Gasteiger charge is -1.93. The van der Waals surface area contributed by atoms with E-state index < -0.39 is 0 Å². The van der Waals surface area contributed by atoms with Crippen LogP contribution in [-0.2, 0) is 0 Å². The quantitative estimate of drug-likeness (QED) is 0.676. The van der Waals surface area contributed by atoms with Crippen molar-refractivity contribution in [3.05, 3.63) is 54.2 Å². The molecule has 1 heterocycles. The predicted octanol–water partition coefficient (Wildman–Crippen LogP) is 3.61. The largest absolute Gasteiger partial charge is 0.236 e. The molecule has 0 aliphatic rings. The molecule has 0 saturated heterocycles. The molecule has 0 unspecified atom stereocenters. The highest BCUT2D eigenvalue weighted by Gasteiger charge is 1.90. The Hall–Kier alpha value is -2.03. The van der Waals surface area contributed by atoms with Crippen LogP contribution in [0.15, 0.2) is 52.8 Å². The van der Waals surface area contributed by atoms with Crippen LogP contribution in [-0.4, -0.2) is 4.98 Å². The van der Waals surface area contributed by atoms with Crippen molar-refractivity contribution in [3.63, 3.8) is 0 Å². The van der Waals surface area contributed by atoms with Gasteiger partial charge in [-0.05, 0) is 42.8 Å². The first-order chi connectivity index (χ1) is 7.34. The van der Waals surface area contributed by atoms with Gasteiger partial charge in [0.2, 0.25) is 0 Å². The molecule has 0 spiro atoms. The van der Waals surface area contributed by atoms with Gasteiger partial charge in [-0.1, -0.05) is 12.1 Å². The van der Waals surface area contributed by atoms with Crippen LogP contribution in [0.4, 0.5) is 11.5 Å². The lowest BCUT2D eigenvalue weighted by atomic mass is 10.2. The molecule has 0 fully saturated rings. The van der Waals surface area contributed by atoms with Crippen molar-refractivity contribution in [1.82, 2.24) is 4.98 Å². The second-order valence-electron chi connectivity index (χ2n) is 3.12. The van der Waals surface area contributed by atoms with Gasteiger partial charge in [-0.25, -0.2) is 4.98 Å². The molecule has 1 radical (unpaired) electrons. The van der Waals surface area contributed by atoms with Crippen LogP contribution in [0.25, 0.3) is 0 Å². The molecule has 0 saturated carbocycles. The standard InChI is InChI=1S/C12H10N3/c1-10-5-4-6-11(9-10)14-15-12-7-2-3-8-13-12/h2-4,6-9H,1H3/b15-14+. The molecule has 0 bridgehead atoms. The minimum absolute atomic E-state index is 0.614. The summed E-state index contributed by atoms with van der Waals surface area (Å²) >= 11 is 0. The van der Waals surface area contributed by atoms with E-state index in [2.05, 4.69) is 21.3 Å². The van der Waals surface area contributed by atoms with Crippen LogP contribution in [0.2, 0.25) is 0 Å². The van der Waals surface area contributed by atoms with Gasteiger partial charge in [0.15, 0.2) is 5.82 Å². The zero-order valence-corrected chi connectivity index (χ0v) is 8.38. The molecule has 2 rings (SSSR count). The number of hydrogen-bond acceptors (Lipinski definition) is 3. The number of hydrogen-bond donors (Lipinski definition) is 0. The molecule has 0 aliphatic heterocycles. The fraction of sp³-hybridized carbons (Fsp3) is 0.0833. The third kappa shape index (κ3) is 2.71. The van der Waals surface area contributed by atoms with E-state index >= 15 is 0 Å². The minimum atomic E-state index is 0.614. The van der Waals surface area contributed by atoms with Crippen molar-refractivity contribution in [1.29, 1.82) is 0 Å². The maximum atomic E-state index is 4.08. The van der Waals surface area contributed by atoms with Gasteiger partial charge in [0, 0.05) is 6.20 Å². The van der Waals surface area contributed by atoms with Gasteiger partial charge in [-0.2, -0.15) is 0 Å². The maximum absolute atomic E-state index is 4.08. The minimum Gasteiger partial charge on any atom is -0.236 e. The van der Waals surface area contributed by atoms with Crippen molar-refractivity contribution in [2.45, 2.75) is 6.92 Å². The first-order valence-electron chi connectivity index (χ1n) is 4.66. The van der Waals surface area contributed by atoms with E-state index in [-0.39, 0.29) is 0 Å². The average Bonchev–Trinajstić information content (AvgIpc) is 2.28. The normalized spacial score (nSPS) is 10.7. The lowest BCUT2D eigenvalue weighted by Crippen LogP contribution is -1.71. The van der Waals surface area contributed by atoms with E-state index in [4.69, 9.17) is 0 Å². The summed E-state index contributed by atoms with van der Waals surface area (Å²) in [4.78, 5) is 4.05. The first kappa shape index (κ1) is 9.52. The van der Waals surface area contributed by atoms with Gasteiger partial charge in [0.1, 0.15) is 0 Å². The van der Waals surface area contributed by atoms with Crippen LogP contribution in [0.5, 0.6) is 0 Å². The van der Waals surface area contributed by atoms with Crippen LogP contribution in [0, 0.1) is 13.0 Å². The number of nitrogens with zero attached hydrogens (tertiary/aromatic N) is 3. The summed E-state index contributed by atoms with van der Waals surface area (Å²) < 4.78 is 0.